The maximum atomic E-state index is 12.9. The van der Waals surface area contributed by atoms with Crippen LogP contribution in [0.25, 0.3) is 0 Å². The normalized spacial score (nSPS) is 12.6. The summed E-state index contributed by atoms with van der Waals surface area (Å²) in [5.41, 5.74) is 0. The molecule has 0 aliphatic carbocycles. The summed E-state index contributed by atoms with van der Waals surface area (Å²) in [5.74, 6) is -0.888. The van der Waals surface area contributed by atoms with Crippen molar-refractivity contribution in [2.45, 2.75) is 348 Å². The lowest BCUT2D eigenvalue weighted by Crippen LogP contribution is -2.30. The Morgan fingerprint density at radius 3 is 0.810 bits per heavy atom. The quantitative estimate of drug-likeness (QED) is 0.0261. The molecule has 0 bridgehead atoms. The molecule has 0 amide bonds. The SMILES string of the molecule is CC/C=C\C/C=C\C/C=C\C/C=C\CCCCCCCCCCCCCCCCCCCCCCC(=O)OCC(COC(=O)CCCCCCC/C=C\CCCCCC)OC(=O)CCCCCCC/C=C\C/C=C\CCCCC. The number of unbranched alkanes of at least 4 members (excludes halogenated alkanes) is 37. The van der Waals surface area contributed by atoms with Crippen LogP contribution in [0.15, 0.2) is 85.1 Å². The predicted octanol–water partition coefficient (Wildman–Crippen LogP) is 23.4. The van der Waals surface area contributed by atoms with Crippen LogP contribution >= 0.6 is 0 Å². The van der Waals surface area contributed by atoms with Crippen LogP contribution in [0, 0.1) is 0 Å². The first kappa shape index (κ1) is 75.6. The third kappa shape index (κ3) is 65.3. The van der Waals surface area contributed by atoms with Crippen LogP contribution in [0.3, 0.4) is 0 Å². The molecule has 0 aliphatic rings. The van der Waals surface area contributed by atoms with E-state index in [0.717, 1.165) is 116 Å². The van der Waals surface area contributed by atoms with E-state index in [1.807, 2.05) is 0 Å². The molecule has 0 aromatic heterocycles. The molecule has 0 aromatic carbocycles. The Labute approximate surface area is 490 Å². The molecule has 0 saturated heterocycles. The van der Waals surface area contributed by atoms with Crippen LogP contribution in [0.4, 0.5) is 0 Å². The second-order valence-electron chi connectivity index (χ2n) is 22.7. The van der Waals surface area contributed by atoms with Crippen LogP contribution < -0.4 is 0 Å². The molecule has 0 fully saturated rings. The van der Waals surface area contributed by atoms with Crippen molar-refractivity contribution >= 4 is 17.9 Å². The van der Waals surface area contributed by atoms with Gasteiger partial charge in [0.05, 0.1) is 0 Å². The van der Waals surface area contributed by atoms with Crippen LogP contribution in [-0.4, -0.2) is 37.2 Å². The fourth-order valence-corrected chi connectivity index (χ4v) is 9.76. The summed E-state index contributed by atoms with van der Waals surface area (Å²) >= 11 is 0. The van der Waals surface area contributed by atoms with Crippen molar-refractivity contribution in [3.05, 3.63) is 85.1 Å². The number of allylic oxidation sites excluding steroid dienone is 14. The molecule has 0 rings (SSSR count). The summed E-state index contributed by atoms with van der Waals surface area (Å²) in [6, 6.07) is 0. The second kappa shape index (κ2) is 67.1. The number of ether oxygens (including phenoxy) is 3. The van der Waals surface area contributed by atoms with Crippen molar-refractivity contribution in [3.8, 4) is 0 Å². The second-order valence-corrected chi connectivity index (χ2v) is 22.7. The summed E-state index contributed by atoms with van der Waals surface area (Å²) in [6.07, 6.45) is 89.0. The first-order valence-electron chi connectivity index (χ1n) is 34.1. The van der Waals surface area contributed by atoms with Gasteiger partial charge in [-0.1, -0.05) is 292 Å². The molecule has 6 nitrogen and oxygen atoms in total. The standard InChI is InChI=1S/C73H128O6/c1-4-7-10-13-16-19-22-25-27-28-29-30-31-32-33-34-35-36-37-38-39-40-41-42-43-44-46-48-51-54-57-60-63-66-72(75)78-69-70(68-77-71(74)65-62-59-56-53-50-47-24-21-18-15-12-9-6-3)79-73(76)67-64-61-58-55-52-49-45-26-23-20-17-14-11-8-5-2/h7,10,16-17,19-21,24-27,29-30,45,70H,4-6,8-9,11-15,18,22-23,28,31-44,46-69H2,1-3H3/b10-7-,19-16-,20-17-,24-21-,27-25-,30-29-,45-26-. The molecule has 0 heterocycles. The van der Waals surface area contributed by atoms with Crippen LogP contribution in [0.1, 0.15) is 342 Å². The number of esters is 3. The smallest absolute Gasteiger partial charge is 0.306 e. The van der Waals surface area contributed by atoms with Crippen molar-refractivity contribution in [2.75, 3.05) is 13.2 Å². The van der Waals surface area contributed by atoms with Gasteiger partial charge in [0.15, 0.2) is 6.10 Å². The number of carbonyl (C=O) groups excluding carboxylic acids is 3. The van der Waals surface area contributed by atoms with E-state index < -0.39 is 6.10 Å². The number of rotatable bonds is 62. The zero-order valence-electron chi connectivity index (χ0n) is 52.4. The zero-order chi connectivity index (χ0) is 57.1. The number of carbonyl (C=O) groups is 3. The monoisotopic (exact) mass is 1100 g/mol. The average Bonchev–Trinajstić information content (AvgIpc) is 3.45. The van der Waals surface area contributed by atoms with Gasteiger partial charge in [-0.25, -0.2) is 0 Å². The average molecular weight is 1100 g/mol. The lowest BCUT2D eigenvalue weighted by molar-refractivity contribution is -0.167. The first-order valence-corrected chi connectivity index (χ1v) is 34.1. The Balaban J connectivity index is 4.13. The summed E-state index contributed by atoms with van der Waals surface area (Å²) < 4.78 is 16.9. The largest absolute Gasteiger partial charge is 0.462 e. The van der Waals surface area contributed by atoms with E-state index in [1.165, 1.54) is 186 Å². The Morgan fingerprint density at radius 1 is 0.266 bits per heavy atom. The van der Waals surface area contributed by atoms with E-state index in [-0.39, 0.29) is 31.1 Å². The lowest BCUT2D eigenvalue weighted by atomic mass is 10.0. The van der Waals surface area contributed by atoms with E-state index in [1.54, 1.807) is 0 Å². The maximum absolute atomic E-state index is 12.9. The van der Waals surface area contributed by atoms with Crippen LogP contribution in [-0.2, 0) is 28.6 Å². The highest BCUT2D eigenvalue weighted by molar-refractivity contribution is 5.71. The van der Waals surface area contributed by atoms with Gasteiger partial charge >= 0.3 is 17.9 Å². The third-order valence-electron chi connectivity index (χ3n) is 14.9. The maximum Gasteiger partial charge on any atom is 0.306 e. The molecule has 0 aliphatic heterocycles. The topological polar surface area (TPSA) is 78.9 Å². The molecule has 0 aromatic rings. The van der Waals surface area contributed by atoms with Crippen molar-refractivity contribution < 1.29 is 28.6 Å². The summed E-state index contributed by atoms with van der Waals surface area (Å²) in [4.78, 5) is 38.3. The van der Waals surface area contributed by atoms with Gasteiger partial charge in [0.25, 0.3) is 0 Å². The first-order chi connectivity index (χ1) is 39.0. The van der Waals surface area contributed by atoms with Gasteiger partial charge in [0.2, 0.25) is 0 Å². The minimum absolute atomic E-state index is 0.0808. The molecule has 456 valence electrons. The Morgan fingerprint density at radius 2 is 0.494 bits per heavy atom. The van der Waals surface area contributed by atoms with Crippen LogP contribution in [0.5, 0.6) is 0 Å². The highest BCUT2D eigenvalue weighted by Crippen LogP contribution is 2.17. The Bertz CT molecular complexity index is 1500. The van der Waals surface area contributed by atoms with E-state index in [2.05, 4.69) is 106 Å². The zero-order valence-corrected chi connectivity index (χ0v) is 52.4. The molecular formula is C73H128O6. The molecule has 1 atom stereocenters. The van der Waals surface area contributed by atoms with Gasteiger partial charge in [-0.05, 0) is 116 Å². The lowest BCUT2D eigenvalue weighted by Gasteiger charge is -2.18. The molecular weight excluding hydrogens is 973 g/mol. The fourth-order valence-electron chi connectivity index (χ4n) is 9.76. The van der Waals surface area contributed by atoms with Gasteiger partial charge in [0.1, 0.15) is 13.2 Å². The molecule has 0 N–H and O–H groups in total. The van der Waals surface area contributed by atoms with Crippen molar-refractivity contribution in [1.29, 1.82) is 0 Å². The van der Waals surface area contributed by atoms with E-state index >= 15 is 0 Å². The molecule has 1 unspecified atom stereocenters. The fraction of sp³-hybridized carbons (Fsp3) is 0.767. The van der Waals surface area contributed by atoms with Gasteiger partial charge < -0.3 is 14.2 Å². The molecule has 0 spiro atoms. The Kier molecular flexibility index (Phi) is 64.2. The van der Waals surface area contributed by atoms with Gasteiger partial charge in [-0.2, -0.15) is 0 Å². The molecule has 6 heteroatoms. The van der Waals surface area contributed by atoms with Gasteiger partial charge in [-0.15, -0.1) is 0 Å². The predicted molar refractivity (Wildman–Crippen MR) is 344 cm³/mol. The van der Waals surface area contributed by atoms with Crippen molar-refractivity contribution in [1.82, 2.24) is 0 Å². The summed E-state index contributed by atoms with van der Waals surface area (Å²) in [7, 11) is 0. The summed E-state index contributed by atoms with van der Waals surface area (Å²) in [6.45, 7) is 6.50. The van der Waals surface area contributed by atoms with E-state index in [9.17, 15) is 14.4 Å². The van der Waals surface area contributed by atoms with Gasteiger partial charge in [0, 0.05) is 19.3 Å². The third-order valence-corrected chi connectivity index (χ3v) is 14.9. The number of hydrogen-bond donors (Lipinski definition) is 0. The molecule has 79 heavy (non-hydrogen) atoms. The minimum Gasteiger partial charge on any atom is -0.462 e. The van der Waals surface area contributed by atoms with Gasteiger partial charge in [-0.3, -0.25) is 14.4 Å². The number of hydrogen-bond acceptors (Lipinski definition) is 6. The summed E-state index contributed by atoms with van der Waals surface area (Å²) in [5, 5.41) is 0. The van der Waals surface area contributed by atoms with Crippen molar-refractivity contribution in [3.63, 3.8) is 0 Å². The molecule has 0 radical (unpaired) electrons. The Hall–Kier alpha value is -3.41. The minimum atomic E-state index is -0.785. The van der Waals surface area contributed by atoms with Crippen LogP contribution in [0.2, 0.25) is 0 Å². The molecule has 0 saturated carbocycles. The van der Waals surface area contributed by atoms with E-state index in [4.69, 9.17) is 14.2 Å². The van der Waals surface area contributed by atoms with Crippen molar-refractivity contribution in [2.24, 2.45) is 0 Å². The highest BCUT2D eigenvalue weighted by atomic mass is 16.6. The van der Waals surface area contributed by atoms with E-state index in [0.29, 0.717) is 19.3 Å². The highest BCUT2D eigenvalue weighted by Gasteiger charge is 2.19.